The van der Waals surface area contributed by atoms with Gasteiger partial charge in [-0.3, -0.25) is 0 Å². The molecule has 0 aliphatic rings. The van der Waals surface area contributed by atoms with Gasteiger partial charge in [0.15, 0.2) is 0 Å². The number of nitrogens with zero attached hydrogens (tertiary/aromatic N) is 2. The highest BCUT2D eigenvalue weighted by atomic mass is 16.5. The van der Waals surface area contributed by atoms with Crippen LogP contribution in [-0.2, 0) is 0 Å². The molecule has 0 unspecified atom stereocenters. The summed E-state index contributed by atoms with van der Waals surface area (Å²) in [5.74, 6) is 0.664. The molecule has 0 aliphatic carbocycles. The molecule has 1 aromatic heterocycles. The lowest BCUT2D eigenvalue weighted by atomic mass is 10.1. The van der Waals surface area contributed by atoms with Crippen molar-refractivity contribution in [2.24, 2.45) is 0 Å². The van der Waals surface area contributed by atoms with Gasteiger partial charge in [-0.2, -0.15) is 15.4 Å². The molecule has 2 rings (SSSR count). The average molecular weight is 190 g/mol. The highest BCUT2D eigenvalue weighted by Crippen LogP contribution is 2.26. The number of nitrogen functional groups attached to an aromatic ring is 1. The quantitative estimate of drug-likeness (QED) is 0.694. The number of nitrogens with two attached hydrogens (primary N) is 1. The molecule has 0 amide bonds. The van der Waals surface area contributed by atoms with E-state index in [9.17, 15) is 0 Å². The van der Waals surface area contributed by atoms with Crippen LogP contribution in [0.1, 0.15) is 0 Å². The fraction of sp³-hybridized carbons (Fsp3) is 0.111. The van der Waals surface area contributed by atoms with Crippen LogP contribution < -0.4 is 10.5 Å². The van der Waals surface area contributed by atoms with Crippen molar-refractivity contribution in [3.8, 4) is 17.0 Å². The van der Waals surface area contributed by atoms with Gasteiger partial charge in [0.1, 0.15) is 11.4 Å². The number of nitrogens with one attached hydrogen (secondary N) is 1. The van der Waals surface area contributed by atoms with Crippen LogP contribution in [0.15, 0.2) is 24.4 Å². The minimum atomic E-state index is 0.591. The van der Waals surface area contributed by atoms with Crippen molar-refractivity contribution in [1.82, 2.24) is 15.4 Å². The lowest BCUT2D eigenvalue weighted by molar-refractivity contribution is 0.417. The van der Waals surface area contributed by atoms with E-state index in [1.807, 2.05) is 6.07 Å². The highest BCUT2D eigenvalue weighted by molar-refractivity contribution is 5.67. The van der Waals surface area contributed by atoms with E-state index in [2.05, 4.69) is 15.4 Å². The molecule has 0 aliphatic heterocycles. The molecule has 2 aromatic rings. The molecule has 0 saturated heterocycles. The van der Waals surface area contributed by atoms with Crippen molar-refractivity contribution >= 4 is 5.69 Å². The van der Waals surface area contributed by atoms with Gasteiger partial charge in [-0.25, -0.2) is 0 Å². The van der Waals surface area contributed by atoms with E-state index >= 15 is 0 Å². The topological polar surface area (TPSA) is 76.8 Å². The van der Waals surface area contributed by atoms with Crippen LogP contribution in [0.25, 0.3) is 11.3 Å². The first kappa shape index (κ1) is 8.55. The van der Waals surface area contributed by atoms with Crippen molar-refractivity contribution in [3.05, 3.63) is 24.4 Å². The van der Waals surface area contributed by atoms with E-state index in [0.717, 1.165) is 11.3 Å². The molecule has 72 valence electrons. The summed E-state index contributed by atoms with van der Waals surface area (Å²) in [7, 11) is 1.58. The van der Waals surface area contributed by atoms with Crippen LogP contribution in [0, 0.1) is 0 Å². The summed E-state index contributed by atoms with van der Waals surface area (Å²) in [6.07, 6.45) is 1.64. The van der Waals surface area contributed by atoms with Gasteiger partial charge in [-0.05, 0) is 18.2 Å². The van der Waals surface area contributed by atoms with Gasteiger partial charge in [0.2, 0.25) is 0 Å². The largest absolute Gasteiger partial charge is 0.495 e. The third-order valence-corrected chi connectivity index (χ3v) is 1.94. The predicted octanol–water partition coefficient (Wildman–Crippen LogP) is 1.06. The fourth-order valence-corrected chi connectivity index (χ4v) is 1.23. The molecule has 5 heteroatoms. The number of benzene rings is 1. The van der Waals surface area contributed by atoms with Crippen molar-refractivity contribution in [1.29, 1.82) is 0 Å². The summed E-state index contributed by atoms with van der Waals surface area (Å²) in [6, 6.07) is 5.49. The van der Waals surface area contributed by atoms with Crippen LogP contribution in [0.2, 0.25) is 0 Å². The van der Waals surface area contributed by atoms with E-state index in [0.29, 0.717) is 11.4 Å². The Morgan fingerprint density at radius 3 is 2.86 bits per heavy atom. The molecule has 1 aromatic carbocycles. The lowest BCUT2D eigenvalue weighted by Gasteiger charge is -2.04. The number of hydrogen-bond acceptors (Lipinski definition) is 4. The summed E-state index contributed by atoms with van der Waals surface area (Å²) in [5.41, 5.74) is 8.02. The van der Waals surface area contributed by atoms with Crippen molar-refractivity contribution in [3.63, 3.8) is 0 Å². The summed E-state index contributed by atoms with van der Waals surface area (Å²) in [4.78, 5) is 0. The molecule has 0 fully saturated rings. The molecule has 5 nitrogen and oxygen atoms in total. The third kappa shape index (κ3) is 1.39. The molecular weight excluding hydrogens is 180 g/mol. The SMILES string of the molecule is COc1ccc(-c2cn[nH]n2)cc1N. The van der Waals surface area contributed by atoms with Gasteiger partial charge in [0.05, 0.1) is 19.0 Å². The Morgan fingerprint density at radius 2 is 2.29 bits per heavy atom. The Kier molecular flexibility index (Phi) is 2.06. The summed E-state index contributed by atoms with van der Waals surface area (Å²) in [5, 5.41) is 10.2. The second-order valence-corrected chi connectivity index (χ2v) is 2.81. The monoisotopic (exact) mass is 190 g/mol. The molecule has 0 atom stereocenters. The smallest absolute Gasteiger partial charge is 0.141 e. The average Bonchev–Trinajstić information content (AvgIpc) is 2.70. The first-order chi connectivity index (χ1) is 6.81. The van der Waals surface area contributed by atoms with Gasteiger partial charge >= 0.3 is 0 Å². The van der Waals surface area contributed by atoms with Gasteiger partial charge in [-0.15, -0.1) is 0 Å². The van der Waals surface area contributed by atoms with Crippen LogP contribution in [0.5, 0.6) is 5.75 Å². The van der Waals surface area contributed by atoms with Gasteiger partial charge in [0.25, 0.3) is 0 Å². The fourth-order valence-electron chi connectivity index (χ4n) is 1.23. The zero-order chi connectivity index (χ0) is 9.97. The van der Waals surface area contributed by atoms with Crippen LogP contribution in [0.4, 0.5) is 5.69 Å². The standard InChI is InChI=1S/C9H10N4O/c1-14-9-3-2-6(4-7(9)10)8-5-11-13-12-8/h2-5H,10H2,1H3,(H,11,12,13). The van der Waals surface area contributed by atoms with Gasteiger partial charge in [-0.1, -0.05) is 0 Å². The lowest BCUT2D eigenvalue weighted by Crippen LogP contribution is -1.92. The van der Waals surface area contributed by atoms with Crippen LogP contribution >= 0.6 is 0 Å². The number of anilines is 1. The number of hydrogen-bond donors (Lipinski definition) is 2. The first-order valence-corrected chi connectivity index (χ1v) is 4.11. The van der Waals surface area contributed by atoms with Crippen molar-refractivity contribution in [2.45, 2.75) is 0 Å². The second kappa shape index (κ2) is 3.37. The van der Waals surface area contributed by atoms with Crippen LogP contribution in [-0.4, -0.2) is 22.5 Å². The van der Waals surface area contributed by atoms with Gasteiger partial charge in [0, 0.05) is 5.56 Å². The minimum absolute atomic E-state index is 0.591. The first-order valence-electron chi connectivity index (χ1n) is 4.11. The van der Waals surface area contributed by atoms with E-state index in [-0.39, 0.29) is 0 Å². The van der Waals surface area contributed by atoms with E-state index < -0.39 is 0 Å². The minimum Gasteiger partial charge on any atom is -0.495 e. The zero-order valence-electron chi connectivity index (χ0n) is 7.69. The third-order valence-electron chi connectivity index (χ3n) is 1.94. The Bertz CT molecular complexity index is 424. The highest BCUT2D eigenvalue weighted by Gasteiger charge is 2.04. The normalized spacial score (nSPS) is 10.1. The second-order valence-electron chi connectivity index (χ2n) is 2.81. The van der Waals surface area contributed by atoms with Crippen LogP contribution in [0.3, 0.4) is 0 Å². The maximum atomic E-state index is 5.75. The molecule has 14 heavy (non-hydrogen) atoms. The van der Waals surface area contributed by atoms with Gasteiger partial charge < -0.3 is 10.5 Å². The Labute approximate surface area is 80.9 Å². The predicted molar refractivity (Wildman–Crippen MR) is 52.8 cm³/mol. The maximum absolute atomic E-state index is 5.75. The number of aromatic nitrogens is 3. The van der Waals surface area contributed by atoms with E-state index in [1.54, 1.807) is 25.4 Å². The summed E-state index contributed by atoms with van der Waals surface area (Å²) >= 11 is 0. The molecule has 1 heterocycles. The molecule has 0 radical (unpaired) electrons. The Hall–Kier alpha value is -2.04. The van der Waals surface area contributed by atoms with E-state index in [1.165, 1.54) is 0 Å². The number of H-pyrrole nitrogens is 1. The number of aromatic amines is 1. The maximum Gasteiger partial charge on any atom is 0.141 e. The molecule has 3 N–H and O–H groups in total. The number of rotatable bonds is 2. The zero-order valence-corrected chi connectivity index (χ0v) is 7.69. The molecular formula is C9H10N4O. The van der Waals surface area contributed by atoms with E-state index in [4.69, 9.17) is 10.5 Å². The summed E-state index contributed by atoms with van der Waals surface area (Å²) < 4.78 is 5.05. The molecule has 0 saturated carbocycles. The Morgan fingerprint density at radius 1 is 1.43 bits per heavy atom. The van der Waals surface area contributed by atoms with Crippen molar-refractivity contribution < 1.29 is 4.74 Å². The molecule has 0 spiro atoms. The Balaban J connectivity index is 2.43. The van der Waals surface area contributed by atoms with Crippen molar-refractivity contribution in [2.75, 3.05) is 12.8 Å². The summed E-state index contributed by atoms with van der Waals surface area (Å²) in [6.45, 7) is 0. The number of ether oxygens (including phenoxy) is 1. The molecule has 0 bridgehead atoms. The number of methoxy groups -OCH3 is 1.